The van der Waals surface area contributed by atoms with Gasteiger partial charge in [-0.2, -0.15) is 17.0 Å². The lowest BCUT2D eigenvalue weighted by Gasteiger charge is -2.36. The normalized spacial score (nSPS) is 22.2. The SMILES string of the molecule is Cc1csc(Nc2cccc([C@H]3CN(S(=O)(=O)N4CCOCC4)CCO3)n2)n1. The third-order valence-corrected chi connectivity index (χ3v) is 7.48. The standard InChI is InChI=1S/C17H23N5O4S2/c1-13-12-27-17(18-13)20-16-4-2-3-14(19-16)15-11-22(7-10-26-15)28(23,24)21-5-8-25-9-6-21/h2-4,12,15H,5-11H2,1H3,(H,18,19,20)/t15-/m1/s1. The minimum Gasteiger partial charge on any atom is -0.379 e. The number of anilines is 2. The first-order valence-electron chi connectivity index (χ1n) is 9.13. The number of ether oxygens (including phenoxy) is 2. The van der Waals surface area contributed by atoms with Gasteiger partial charge in [-0.1, -0.05) is 6.07 Å². The fraction of sp³-hybridized carbons (Fsp3) is 0.529. The zero-order valence-electron chi connectivity index (χ0n) is 15.6. The summed E-state index contributed by atoms with van der Waals surface area (Å²) in [7, 11) is -3.53. The lowest BCUT2D eigenvalue weighted by molar-refractivity contribution is -0.00837. The molecule has 2 saturated heterocycles. The maximum absolute atomic E-state index is 12.9. The molecule has 2 aliphatic heterocycles. The van der Waals surface area contributed by atoms with Crippen molar-refractivity contribution in [2.24, 2.45) is 0 Å². The highest BCUT2D eigenvalue weighted by atomic mass is 32.2. The van der Waals surface area contributed by atoms with Gasteiger partial charge in [0.15, 0.2) is 5.13 Å². The van der Waals surface area contributed by atoms with Crippen LogP contribution in [-0.2, 0) is 19.7 Å². The van der Waals surface area contributed by atoms with Crippen LogP contribution in [0.15, 0.2) is 23.6 Å². The molecule has 2 aromatic rings. The van der Waals surface area contributed by atoms with Crippen LogP contribution < -0.4 is 5.32 Å². The molecule has 0 spiro atoms. The fourth-order valence-corrected chi connectivity index (χ4v) is 5.44. The highest BCUT2D eigenvalue weighted by molar-refractivity contribution is 7.86. The molecule has 11 heteroatoms. The summed E-state index contributed by atoms with van der Waals surface area (Å²) in [5.74, 6) is 0.656. The van der Waals surface area contributed by atoms with Crippen LogP contribution in [0.25, 0.3) is 0 Å². The smallest absolute Gasteiger partial charge is 0.282 e. The predicted molar refractivity (Wildman–Crippen MR) is 106 cm³/mol. The molecule has 2 fully saturated rings. The second-order valence-electron chi connectivity index (χ2n) is 6.60. The second-order valence-corrected chi connectivity index (χ2v) is 9.39. The van der Waals surface area contributed by atoms with Gasteiger partial charge in [0.05, 0.1) is 31.2 Å². The van der Waals surface area contributed by atoms with E-state index in [2.05, 4.69) is 15.3 Å². The van der Waals surface area contributed by atoms with Crippen molar-refractivity contribution < 1.29 is 17.9 Å². The molecule has 0 saturated carbocycles. The van der Waals surface area contributed by atoms with Crippen LogP contribution in [0.1, 0.15) is 17.5 Å². The molecule has 0 unspecified atom stereocenters. The zero-order valence-corrected chi connectivity index (χ0v) is 17.2. The van der Waals surface area contributed by atoms with Crippen molar-refractivity contribution in [3.8, 4) is 0 Å². The summed E-state index contributed by atoms with van der Waals surface area (Å²) in [4.78, 5) is 8.98. The van der Waals surface area contributed by atoms with E-state index in [1.165, 1.54) is 19.9 Å². The molecule has 0 aliphatic carbocycles. The summed E-state index contributed by atoms with van der Waals surface area (Å²) < 4.78 is 39.9. The molecule has 4 rings (SSSR count). The number of hydrogen-bond acceptors (Lipinski definition) is 8. The highest BCUT2D eigenvalue weighted by Crippen LogP contribution is 2.26. The van der Waals surface area contributed by atoms with E-state index in [1.807, 2.05) is 30.5 Å². The van der Waals surface area contributed by atoms with E-state index in [4.69, 9.17) is 9.47 Å². The molecule has 9 nitrogen and oxygen atoms in total. The summed E-state index contributed by atoms with van der Waals surface area (Å²) in [5.41, 5.74) is 1.64. The number of nitrogens with one attached hydrogen (secondary N) is 1. The first-order valence-corrected chi connectivity index (χ1v) is 11.4. The molecule has 28 heavy (non-hydrogen) atoms. The number of aryl methyl sites for hydroxylation is 1. The Bertz CT molecular complexity index is 914. The highest BCUT2D eigenvalue weighted by Gasteiger charge is 2.35. The number of nitrogens with zero attached hydrogens (tertiary/aromatic N) is 4. The van der Waals surface area contributed by atoms with Gasteiger partial charge in [0.1, 0.15) is 11.9 Å². The number of pyridine rings is 1. The summed E-state index contributed by atoms with van der Waals surface area (Å²) in [6.45, 7) is 4.48. The van der Waals surface area contributed by atoms with Gasteiger partial charge in [-0.15, -0.1) is 11.3 Å². The minimum atomic E-state index is -3.53. The molecule has 152 valence electrons. The number of aromatic nitrogens is 2. The molecular formula is C17H23N5O4S2. The quantitative estimate of drug-likeness (QED) is 0.776. The van der Waals surface area contributed by atoms with Gasteiger partial charge < -0.3 is 14.8 Å². The van der Waals surface area contributed by atoms with Crippen LogP contribution in [-0.4, -0.2) is 73.0 Å². The van der Waals surface area contributed by atoms with Gasteiger partial charge in [0, 0.05) is 31.6 Å². The molecule has 4 heterocycles. The number of thiazole rings is 1. The largest absolute Gasteiger partial charge is 0.379 e. The Hall–Kier alpha value is -1.63. The third-order valence-electron chi connectivity index (χ3n) is 4.61. The average molecular weight is 426 g/mol. The molecular weight excluding hydrogens is 402 g/mol. The van der Waals surface area contributed by atoms with Crippen LogP contribution in [0.5, 0.6) is 0 Å². The molecule has 0 amide bonds. The maximum atomic E-state index is 12.9. The van der Waals surface area contributed by atoms with Gasteiger partial charge in [-0.05, 0) is 19.1 Å². The van der Waals surface area contributed by atoms with Crippen molar-refractivity contribution in [3.05, 3.63) is 35.0 Å². The first kappa shape index (κ1) is 19.7. The average Bonchev–Trinajstić information content (AvgIpc) is 3.13. The molecule has 0 aromatic carbocycles. The van der Waals surface area contributed by atoms with E-state index in [-0.39, 0.29) is 6.54 Å². The topological polar surface area (TPSA) is 96.9 Å². The van der Waals surface area contributed by atoms with Gasteiger partial charge in [-0.25, -0.2) is 9.97 Å². The van der Waals surface area contributed by atoms with E-state index >= 15 is 0 Å². The van der Waals surface area contributed by atoms with Crippen LogP contribution in [0.4, 0.5) is 10.9 Å². The Morgan fingerprint density at radius 3 is 2.68 bits per heavy atom. The predicted octanol–water partition coefficient (Wildman–Crippen LogP) is 1.54. The Kier molecular flexibility index (Phi) is 5.90. The van der Waals surface area contributed by atoms with Crippen LogP contribution in [0, 0.1) is 6.92 Å². The molecule has 0 bridgehead atoms. The Balaban J connectivity index is 1.47. The van der Waals surface area contributed by atoms with Crippen molar-refractivity contribution in [1.29, 1.82) is 0 Å². The van der Waals surface area contributed by atoms with E-state index in [1.54, 1.807) is 0 Å². The van der Waals surface area contributed by atoms with Gasteiger partial charge in [-0.3, -0.25) is 0 Å². The number of hydrogen-bond donors (Lipinski definition) is 1. The second kappa shape index (κ2) is 8.39. The van der Waals surface area contributed by atoms with Gasteiger partial charge in [0.25, 0.3) is 10.2 Å². The molecule has 1 N–H and O–H groups in total. The van der Waals surface area contributed by atoms with Crippen molar-refractivity contribution in [3.63, 3.8) is 0 Å². The minimum absolute atomic E-state index is 0.243. The van der Waals surface area contributed by atoms with E-state index < -0.39 is 16.3 Å². The molecule has 2 aromatic heterocycles. The maximum Gasteiger partial charge on any atom is 0.282 e. The Morgan fingerprint density at radius 1 is 1.14 bits per heavy atom. The van der Waals surface area contributed by atoms with E-state index in [0.717, 1.165) is 10.8 Å². The van der Waals surface area contributed by atoms with E-state index in [9.17, 15) is 8.42 Å². The van der Waals surface area contributed by atoms with Crippen molar-refractivity contribution in [1.82, 2.24) is 18.6 Å². The fourth-order valence-electron chi connectivity index (χ4n) is 3.18. The molecule has 1 atom stereocenters. The molecule has 0 radical (unpaired) electrons. The van der Waals surface area contributed by atoms with Crippen molar-refractivity contribution in [2.75, 3.05) is 51.3 Å². The number of morpholine rings is 2. The summed E-state index contributed by atoms with van der Waals surface area (Å²) >= 11 is 1.51. The van der Waals surface area contributed by atoms with Crippen molar-refractivity contribution in [2.45, 2.75) is 13.0 Å². The monoisotopic (exact) mass is 425 g/mol. The summed E-state index contributed by atoms with van der Waals surface area (Å²) in [6.07, 6.45) is -0.413. The number of rotatable bonds is 5. The first-order chi connectivity index (χ1) is 13.5. The Labute approximate surface area is 168 Å². The summed E-state index contributed by atoms with van der Waals surface area (Å²) in [6, 6.07) is 5.59. The van der Waals surface area contributed by atoms with Gasteiger partial charge >= 0.3 is 0 Å². The lowest BCUT2D eigenvalue weighted by atomic mass is 10.2. The van der Waals surface area contributed by atoms with Crippen LogP contribution in [0.2, 0.25) is 0 Å². The zero-order chi connectivity index (χ0) is 19.6. The lowest BCUT2D eigenvalue weighted by Crippen LogP contribution is -2.52. The van der Waals surface area contributed by atoms with Crippen LogP contribution in [0.3, 0.4) is 0 Å². The van der Waals surface area contributed by atoms with Gasteiger partial charge in [0.2, 0.25) is 0 Å². The third kappa shape index (κ3) is 4.34. The Morgan fingerprint density at radius 2 is 1.93 bits per heavy atom. The molecule has 2 aliphatic rings. The summed E-state index contributed by atoms with van der Waals surface area (Å²) in [5, 5.41) is 5.91. The van der Waals surface area contributed by atoms with Crippen molar-refractivity contribution >= 4 is 32.5 Å². The van der Waals surface area contributed by atoms with Crippen LogP contribution >= 0.6 is 11.3 Å². The van der Waals surface area contributed by atoms with E-state index in [0.29, 0.717) is 51.0 Å².